The van der Waals surface area contributed by atoms with Crippen LogP contribution in [0.3, 0.4) is 0 Å². The van der Waals surface area contributed by atoms with E-state index in [-0.39, 0.29) is 38.5 Å². The Morgan fingerprint density at radius 1 is 0.448 bits per heavy atom. The van der Waals surface area contributed by atoms with Crippen molar-refractivity contribution in [2.45, 2.75) is 167 Å². The number of benzene rings is 6. The highest BCUT2D eigenvalue weighted by atomic mass is 16.5. The maximum Gasteiger partial charge on any atom is 0.306 e. The molecule has 0 atom stereocenters. The SMILES string of the molecule is C=CC(C=C)OC(=O)CCCCCCCCCOc1ccc(-c2ncc(-c3ccc4c(c3)C3(c5cc(-c6ccc7c(c6)C6(c8cc(-c9ccc(-c%10ncc(C)cn%10)cc9)ccc8-7)C7(C)CCCC6(C)CCC7)ccc5-4)C4(C)CCC3(C)CC4)cn2)cc1. The van der Waals surface area contributed by atoms with Crippen LogP contribution in [0, 0.1) is 28.6 Å². The molecule has 4 bridgehead atoms. The molecular weight excluding hydrogens is 1060 g/mol. The van der Waals surface area contributed by atoms with Gasteiger partial charge in [-0.1, -0.05) is 159 Å². The summed E-state index contributed by atoms with van der Waals surface area (Å²) in [5.41, 5.74) is 22.7. The smallest absolute Gasteiger partial charge is 0.306 e. The van der Waals surface area contributed by atoms with Crippen molar-refractivity contribution >= 4 is 5.97 Å². The predicted octanol–water partition coefficient (Wildman–Crippen LogP) is 20.2. The number of carbonyl (C=O) groups excluding carboxylic acids is 1. The van der Waals surface area contributed by atoms with Gasteiger partial charge in [-0.25, -0.2) is 19.9 Å². The van der Waals surface area contributed by atoms with Crippen LogP contribution >= 0.6 is 0 Å². The molecule has 0 radical (unpaired) electrons. The molecule has 7 heteroatoms. The highest BCUT2D eigenvalue weighted by molar-refractivity contribution is 5.91. The van der Waals surface area contributed by atoms with Gasteiger partial charge in [-0.3, -0.25) is 4.79 Å². The number of ether oxygens (including phenoxy) is 2. The van der Waals surface area contributed by atoms with E-state index < -0.39 is 6.10 Å². The summed E-state index contributed by atoms with van der Waals surface area (Å²) in [4.78, 5) is 31.2. The van der Waals surface area contributed by atoms with E-state index in [0.717, 1.165) is 78.8 Å². The number of aromatic nitrogens is 4. The van der Waals surface area contributed by atoms with Crippen LogP contribution in [0.2, 0.25) is 0 Å². The van der Waals surface area contributed by atoms with Crippen molar-refractivity contribution in [3.63, 3.8) is 0 Å². The van der Waals surface area contributed by atoms with Gasteiger partial charge in [0.05, 0.1) is 6.61 Å². The van der Waals surface area contributed by atoms with Crippen molar-refractivity contribution in [1.29, 1.82) is 0 Å². The van der Waals surface area contributed by atoms with Crippen LogP contribution in [0.25, 0.3) is 78.4 Å². The van der Waals surface area contributed by atoms with Gasteiger partial charge in [-0.05, 0) is 231 Å². The Bertz CT molecular complexity index is 3890. The molecule has 14 rings (SSSR count). The van der Waals surface area contributed by atoms with Gasteiger partial charge in [0.25, 0.3) is 0 Å². The molecule has 2 heterocycles. The standard InChI is InChI=1S/C80H84N4O3/c1-8-62(9-2)87-72(85)19-15-13-11-10-12-14-16-44-86-63-30-24-56(25-31-63)74-83-51-61(52-84-74)60-29-35-67-66-34-28-59(47-70(66)80(71(67)48-60)77(6)40-42-78(80,7)43-41-77)58-27-33-65-64-32-26-57(54-20-22-55(23-21-54)73-81-49-53(3)50-82-73)45-68(64)79(69(65)46-58)75(4)36-17-38-76(79,5)39-18-37-75/h8-9,20-35,45-52,62H,1-2,10-19,36-44H2,3-7H3. The molecule has 0 N–H and O–H groups in total. The number of aryl methyl sites for hydroxylation is 1. The van der Waals surface area contributed by atoms with Crippen LogP contribution in [0.4, 0.5) is 0 Å². The van der Waals surface area contributed by atoms with E-state index in [9.17, 15) is 4.79 Å². The Morgan fingerprint density at radius 2 is 0.805 bits per heavy atom. The number of carbonyl (C=O) groups is 1. The van der Waals surface area contributed by atoms with Gasteiger partial charge in [-0.2, -0.15) is 0 Å². The highest BCUT2D eigenvalue weighted by Gasteiger charge is 2.72. The van der Waals surface area contributed by atoms with E-state index >= 15 is 0 Å². The average molecular weight is 1150 g/mol. The molecular formula is C80H84N4O3. The molecule has 7 nitrogen and oxygen atoms in total. The Balaban J connectivity index is 0.709. The van der Waals surface area contributed by atoms with E-state index in [2.05, 4.69) is 160 Å². The lowest BCUT2D eigenvalue weighted by atomic mass is 9.38. The third kappa shape index (κ3) is 9.12. The first-order valence-corrected chi connectivity index (χ1v) is 32.7. The molecule has 0 saturated heterocycles. The lowest BCUT2D eigenvalue weighted by molar-refractivity contribution is -0.145. The summed E-state index contributed by atoms with van der Waals surface area (Å²) in [7, 11) is 0. The molecule has 4 saturated carbocycles. The predicted molar refractivity (Wildman–Crippen MR) is 353 cm³/mol. The minimum Gasteiger partial charge on any atom is -0.494 e. The first-order chi connectivity index (χ1) is 42.2. The third-order valence-electron chi connectivity index (χ3n) is 23.0. The van der Waals surface area contributed by atoms with Crippen LogP contribution in [0.15, 0.2) is 171 Å². The number of nitrogens with zero attached hydrogens (tertiary/aromatic N) is 4. The van der Waals surface area contributed by atoms with E-state index in [1.165, 1.54) is 125 Å². The number of hydrogen-bond donors (Lipinski definition) is 0. The van der Waals surface area contributed by atoms with Crippen LogP contribution in [0.5, 0.6) is 5.75 Å². The summed E-state index contributed by atoms with van der Waals surface area (Å²) in [5, 5.41) is 0. The molecule has 6 aliphatic carbocycles. The van der Waals surface area contributed by atoms with Gasteiger partial charge < -0.3 is 9.47 Å². The van der Waals surface area contributed by atoms with E-state index in [1.807, 2.05) is 43.8 Å². The van der Waals surface area contributed by atoms with Gasteiger partial charge in [0, 0.05) is 58.7 Å². The van der Waals surface area contributed by atoms with Crippen LogP contribution in [0.1, 0.15) is 171 Å². The third-order valence-corrected chi connectivity index (χ3v) is 23.0. The monoisotopic (exact) mass is 1150 g/mol. The maximum atomic E-state index is 12.0. The summed E-state index contributed by atoms with van der Waals surface area (Å²) >= 11 is 0. The second kappa shape index (κ2) is 22.1. The van der Waals surface area contributed by atoms with Crippen molar-refractivity contribution in [1.82, 2.24) is 19.9 Å². The normalized spacial score (nSPS) is 25.1. The second-order valence-electron chi connectivity index (χ2n) is 28.0. The molecule has 0 unspecified atom stereocenters. The molecule has 0 aliphatic heterocycles. The maximum absolute atomic E-state index is 12.0. The Morgan fingerprint density at radius 3 is 1.25 bits per heavy atom. The molecule has 87 heavy (non-hydrogen) atoms. The Hall–Kier alpha value is -7.77. The van der Waals surface area contributed by atoms with E-state index in [4.69, 9.17) is 19.4 Å². The topological polar surface area (TPSA) is 87.1 Å². The number of esters is 1. The van der Waals surface area contributed by atoms with E-state index in [1.54, 1.807) is 23.3 Å². The van der Waals surface area contributed by atoms with Crippen LogP contribution in [-0.4, -0.2) is 38.6 Å². The fraction of sp³-hybridized carbons (Fsp3) is 0.388. The highest BCUT2D eigenvalue weighted by Crippen LogP contribution is 2.79. The zero-order valence-electron chi connectivity index (χ0n) is 52.0. The molecule has 8 aromatic rings. The number of unbranched alkanes of at least 4 members (excludes halogenated alkanes) is 6. The van der Waals surface area contributed by atoms with Gasteiger partial charge >= 0.3 is 5.97 Å². The summed E-state index contributed by atoms with van der Waals surface area (Å²) in [6.07, 6.45) is 31.1. The molecule has 6 aliphatic rings. The molecule has 2 aromatic heterocycles. The second-order valence-corrected chi connectivity index (χ2v) is 28.0. The summed E-state index contributed by atoms with van der Waals surface area (Å²) in [5.74, 6) is 2.16. The number of fused-ring (bicyclic) bond motifs is 6. The van der Waals surface area contributed by atoms with Gasteiger partial charge in [-0.15, -0.1) is 0 Å². The van der Waals surface area contributed by atoms with Crippen molar-refractivity contribution < 1.29 is 14.3 Å². The fourth-order valence-corrected chi connectivity index (χ4v) is 18.8. The van der Waals surface area contributed by atoms with Crippen molar-refractivity contribution in [2.24, 2.45) is 21.7 Å². The Kier molecular flexibility index (Phi) is 14.5. The van der Waals surface area contributed by atoms with Crippen molar-refractivity contribution in [3.8, 4) is 84.2 Å². The fourth-order valence-electron chi connectivity index (χ4n) is 18.8. The summed E-state index contributed by atoms with van der Waals surface area (Å²) < 4.78 is 11.5. The lowest BCUT2D eigenvalue weighted by Crippen LogP contribution is -2.59. The largest absolute Gasteiger partial charge is 0.494 e. The van der Waals surface area contributed by atoms with Gasteiger partial charge in [0.15, 0.2) is 11.6 Å². The zero-order valence-corrected chi connectivity index (χ0v) is 52.0. The molecule has 4 fully saturated rings. The van der Waals surface area contributed by atoms with Crippen LogP contribution < -0.4 is 4.74 Å². The Labute approximate surface area is 516 Å². The summed E-state index contributed by atoms with van der Waals surface area (Å²) in [6, 6.07) is 47.1. The molecule has 2 spiro atoms. The molecule has 0 amide bonds. The molecule has 6 aromatic carbocycles. The minimum atomic E-state index is -0.404. The number of rotatable bonds is 19. The van der Waals surface area contributed by atoms with Gasteiger partial charge in [0.1, 0.15) is 11.9 Å². The first-order valence-electron chi connectivity index (χ1n) is 32.7. The van der Waals surface area contributed by atoms with Crippen molar-refractivity contribution in [3.05, 3.63) is 199 Å². The number of hydrogen-bond acceptors (Lipinski definition) is 7. The first kappa shape index (κ1) is 57.0. The summed E-state index contributed by atoms with van der Waals surface area (Å²) in [6.45, 7) is 20.7. The van der Waals surface area contributed by atoms with Crippen molar-refractivity contribution in [2.75, 3.05) is 6.61 Å². The van der Waals surface area contributed by atoms with Gasteiger partial charge in [0.2, 0.25) is 0 Å². The minimum absolute atomic E-state index is 0.103. The zero-order chi connectivity index (χ0) is 59.8. The van der Waals surface area contributed by atoms with Crippen LogP contribution in [-0.2, 0) is 20.4 Å². The van der Waals surface area contributed by atoms with E-state index in [0.29, 0.717) is 18.9 Å². The lowest BCUT2D eigenvalue weighted by Gasteiger charge is -2.65. The molecule has 442 valence electrons. The quantitative estimate of drug-likeness (QED) is 0.0453. The average Bonchev–Trinajstić information content (AvgIpc) is 1.53.